The van der Waals surface area contributed by atoms with E-state index in [2.05, 4.69) is 31.2 Å². The first kappa shape index (κ1) is 15.6. The zero-order valence-corrected chi connectivity index (χ0v) is 14.0. The van der Waals surface area contributed by atoms with Crippen molar-refractivity contribution in [2.75, 3.05) is 0 Å². The Morgan fingerprint density at radius 3 is 2.70 bits per heavy atom. The molecule has 0 fully saturated rings. The minimum atomic E-state index is -0.486. The van der Waals surface area contributed by atoms with Crippen molar-refractivity contribution in [1.82, 2.24) is 19.7 Å². The molecular formula is C15H10BrClN4O2. The van der Waals surface area contributed by atoms with Crippen molar-refractivity contribution in [3.8, 4) is 0 Å². The summed E-state index contributed by atoms with van der Waals surface area (Å²) >= 11 is 9.00. The number of amides is 1. The highest BCUT2D eigenvalue weighted by atomic mass is 79.9. The van der Waals surface area contributed by atoms with Gasteiger partial charge < -0.3 is 5.32 Å². The minimum absolute atomic E-state index is 0.0328. The highest BCUT2D eigenvalue weighted by Crippen LogP contribution is 2.09. The molecule has 0 aliphatic heterocycles. The van der Waals surface area contributed by atoms with Crippen LogP contribution in [-0.2, 0) is 6.54 Å². The van der Waals surface area contributed by atoms with Gasteiger partial charge >= 0.3 is 0 Å². The van der Waals surface area contributed by atoms with E-state index in [1.807, 2.05) is 0 Å². The summed E-state index contributed by atoms with van der Waals surface area (Å²) in [6, 6.07) is 7.08. The van der Waals surface area contributed by atoms with Crippen LogP contribution in [0.2, 0.25) is 5.02 Å². The largest absolute Gasteiger partial charge is 0.348 e. The van der Waals surface area contributed by atoms with Crippen molar-refractivity contribution in [3.63, 3.8) is 0 Å². The number of fused-ring (bicyclic) bond motifs is 1. The van der Waals surface area contributed by atoms with Crippen molar-refractivity contribution >= 4 is 39.1 Å². The van der Waals surface area contributed by atoms with E-state index in [4.69, 9.17) is 11.6 Å². The van der Waals surface area contributed by atoms with Crippen LogP contribution in [0.5, 0.6) is 0 Å². The summed E-state index contributed by atoms with van der Waals surface area (Å²) in [6.45, 7) is 0.290. The quantitative estimate of drug-likeness (QED) is 0.741. The first-order valence-electron chi connectivity index (χ1n) is 6.60. The van der Waals surface area contributed by atoms with Crippen molar-refractivity contribution in [3.05, 3.63) is 74.0 Å². The molecule has 3 aromatic rings. The smallest absolute Gasteiger partial charge is 0.270 e. The van der Waals surface area contributed by atoms with Crippen molar-refractivity contribution < 1.29 is 4.79 Å². The van der Waals surface area contributed by atoms with Gasteiger partial charge in [0.25, 0.3) is 11.5 Å². The number of hydrogen-bond donors (Lipinski definition) is 1. The minimum Gasteiger partial charge on any atom is -0.348 e. The highest BCUT2D eigenvalue weighted by molar-refractivity contribution is 9.10. The van der Waals surface area contributed by atoms with Gasteiger partial charge in [0.1, 0.15) is 10.2 Å². The highest BCUT2D eigenvalue weighted by Gasteiger charge is 2.13. The second-order valence-electron chi connectivity index (χ2n) is 4.72. The van der Waals surface area contributed by atoms with Crippen molar-refractivity contribution in [1.29, 1.82) is 0 Å². The molecule has 0 radical (unpaired) electrons. The van der Waals surface area contributed by atoms with Crippen LogP contribution >= 0.6 is 27.5 Å². The van der Waals surface area contributed by atoms with Crippen molar-refractivity contribution in [2.24, 2.45) is 0 Å². The SMILES string of the molecule is O=C(NCc1ccc(Cl)cc1)c1cnc2cnc(Br)cn2c1=O. The molecule has 2 heterocycles. The van der Waals surface area contributed by atoms with Gasteiger partial charge in [-0.05, 0) is 33.6 Å². The van der Waals surface area contributed by atoms with Gasteiger partial charge in [-0.1, -0.05) is 23.7 Å². The van der Waals surface area contributed by atoms with Crippen LogP contribution < -0.4 is 10.9 Å². The van der Waals surface area contributed by atoms with E-state index in [0.717, 1.165) is 5.56 Å². The summed E-state index contributed by atoms with van der Waals surface area (Å²) in [6.07, 6.45) is 4.17. The topological polar surface area (TPSA) is 76.4 Å². The molecule has 1 aromatic carbocycles. The Bertz CT molecular complexity index is 940. The van der Waals surface area contributed by atoms with Gasteiger partial charge in [-0.25, -0.2) is 9.97 Å². The molecule has 116 valence electrons. The van der Waals surface area contributed by atoms with E-state index in [-0.39, 0.29) is 12.1 Å². The summed E-state index contributed by atoms with van der Waals surface area (Å²) in [4.78, 5) is 32.7. The van der Waals surface area contributed by atoms with Crippen LogP contribution in [0.3, 0.4) is 0 Å². The number of carbonyl (C=O) groups is 1. The number of benzene rings is 1. The lowest BCUT2D eigenvalue weighted by molar-refractivity contribution is 0.0949. The van der Waals surface area contributed by atoms with Gasteiger partial charge in [-0.2, -0.15) is 0 Å². The maximum absolute atomic E-state index is 12.4. The maximum Gasteiger partial charge on any atom is 0.270 e. The van der Waals surface area contributed by atoms with Gasteiger partial charge in [0.15, 0.2) is 5.65 Å². The number of nitrogens with one attached hydrogen (secondary N) is 1. The van der Waals surface area contributed by atoms with E-state index in [1.165, 1.54) is 23.0 Å². The summed E-state index contributed by atoms with van der Waals surface area (Å²) in [5.41, 5.74) is 0.761. The lowest BCUT2D eigenvalue weighted by Crippen LogP contribution is -2.31. The molecule has 1 amide bonds. The Kier molecular flexibility index (Phi) is 4.40. The lowest BCUT2D eigenvalue weighted by atomic mass is 10.2. The molecule has 8 heteroatoms. The first-order valence-corrected chi connectivity index (χ1v) is 7.77. The molecule has 6 nitrogen and oxygen atoms in total. The molecule has 23 heavy (non-hydrogen) atoms. The van der Waals surface area contributed by atoms with Crippen molar-refractivity contribution in [2.45, 2.75) is 6.54 Å². The standard InChI is InChI=1S/C15H10BrClN4O2/c16-12-8-21-13(7-18-12)19-6-11(15(21)23)14(22)20-5-9-1-3-10(17)4-2-9/h1-4,6-8H,5H2,(H,20,22). The molecule has 0 aliphatic carbocycles. The van der Waals surface area contributed by atoms with Crippen LogP contribution in [0.4, 0.5) is 0 Å². The van der Waals surface area contributed by atoms with Crippen LogP contribution in [0.1, 0.15) is 15.9 Å². The van der Waals surface area contributed by atoms with Gasteiger partial charge in [0.2, 0.25) is 0 Å². The lowest BCUT2D eigenvalue weighted by Gasteiger charge is -2.06. The molecule has 3 rings (SSSR count). The third kappa shape index (κ3) is 3.40. The van der Waals surface area contributed by atoms with E-state index in [9.17, 15) is 9.59 Å². The molecule has 0 saturated carbocycles. The van der Waals surface area contributed by atoms with E-state index >= 15 is 0 Å². The maximum atomic E-state index is 12.4. The fraction of sp³-hybridized carbons (Fsp3) is 0.0667. The molecule has 2 aromatic heterocycles. The monoisotopic (exact) mass is 392 g/mol. The average Bonchev–Trinajstić information content (AvgIpc) is 2.55. The second-order valence-corrected chi connectivity index (χ2v) is 5.97. The Hall–Kier alpha value is -2.25. The third-order valence-electron chi connectivity index (χ3n) is 3.17. The van der Waals surface area contributed by atoms with Gasteiger partial charge in [0, 0.05) is 24.0 Å². The summed E-state index contributed by atoms with van der Waals surface area (Å²) < 4.78 is 1.75. The van der Waals surface area contributed by atoms with Crippen LogP contribution in [0.15, 0.2) is 52.3 Å². The molecule has 0 unspecified atom stereocenters. The summed E-state index contributed by atoms with van der Waals surface area (Å²) in [5.74, 6) is -0.486. The predicted molar refractivity (Wildman–Crippen MR) is 89.6 cm³/mol. The number of hydrogen-bond acceptors (Lipinski definition) is 4. The van der Waals surface area contributed by atoms with Gasteiger partial charge in [-0.15, -0.1) is 0 Å². The van der Waals surface area contributed by atoms with E-state index in [1.54, 1.807) is 24.3 Å². The second kappa shape index (κ2) is 6.47. The predicted octanol–water partition coefficient (Wildman–Crippen LogP) is 2.44. The molecular weight excluding hydrogens is 384 g/mol. The molecule has 0 spiro atoms. The van der Waals surface area contributed by atoms with Gasteiger partial charge in [0.05, 0.1) is 6.20 Å². The Morgan fingerprint density at radius 1 is 1.22 bits per heavy atom. The van der Waals surface area contributed by atoms with E-state index < -0.39 is 11.5 Å². The molecule has 0 atom stereocenters. The van der Waals surface area contributed by atoms with Crippen LogP contribution in [-0.4, -0.2) is 20.3 Å². The number of aromatic nitrogens is 3. The number of nitrogens with zero attached hydrogens (tertiary/aromatic N) is 3. The Balaban J connectivity index is 1.84. The fourth-order valence-corrected chi connectivity index (χ4v) is 2.43. The first-order chi connectivity index (χ1) is 11.0. The third-order valence-corrected chi connectivity index (χ3v) is 3.83. The molecule has 1 N–H and O–H groups in total. The molecule has 0 aliphatic rings. The average molecular weight is 394 g/mol. The Labute approximate surface area is 144 Å². The van der Waals surface area contributed by atoms with E-state index in [0.29, 0.717) is 15.3 Å². The van der Waals surface area contributed by atoms with Gasteiger partial charge in [-0.3, -0.25) is 14.0 Å². The van der Waals surface area contributed by atoms with Crippen LogP contribution in [0.25, 0.3) is 5.65 Å². The number of carbonyl (C=O) groups excluding carboxylic acids is 1. The Morgan fingerprint density at radius 2 is 1.96 bits per heavy atom. The number of halogens is 2. The summed E-state index contributed by atoms with van der Waals surface area (Å²) in [5, 5.41) is 3.31. The normalized spacial score (nSPS) is 10.7. The zero-order chi connectivity index (χ0) is 16.4. The molecule has 0 bridgehead atoms. The zero-order valence-electron chi connectivity index (χ0n) is 11.7. The molecule has 0 saturated heterocycles. The fourth-order valence-electron chi connectivity index (χ4n) is 2.00. The van der Waals surface area contributed by atoms with Crippen LogP contribution in [0, 0.1) is 0 Å². The number of rotatable bonds is 3. The summed E-state index contributed by atoms with van der Waals surface area (Å²) in [7, 11) is 0.